The minimum Gasteiger partial charge on any atom is -0.449 e. The van der Waals surface area contributed by atoms with Gasteiger partial charge in [-0.2, -0.15) is 16.7 Å². The molecule has 0 amide bonds. The second-order valence-electron chi connectivity index (χ2n) is 10.5. The van der Waals surface area contributed by atoms with E-state index in [0.717, 1.165) is 40.9 Å². The largest absolute Gasteiger partial charge is 0.449 e. The summed E-state index contributed by atoms with van der Waals surface area (Å²) in [5.74, 6) is 6.20. The van der Waals surface area contributed by atoms with Crippen molar-refractivity contribution in [1.82, 2.24) is 15.0 Å². The molecule has 2 aromatic rings. The number of hydrogen-bond acceptors (Lipinski definition) is 5. The van der Waals surface area contributed by atoms with Gasteiger partial charge in [-0.25, -0.2) is 4.98 Å². The molecule has 6 heteroatoms. The van der Waals surface area contributed by atoms with Crippen molar-refractivity contribution in [2.24, 2.45) is 17.8 Å². The number of H-pyrrole nitrogens is 1. The number of nitrogens with one attached hydrogen (secondary N) is 2. The molecule has 0 aromatic carbocycles. The third-order valence-corrected chi connectivity index (χ3v) is 7.55. The van der Waals surface area contributed by atoms with Crippen molar-refractivity contribution in [2.45, 2.75) is 98.4 Å². The summed E-state index contributed by atoms with van der Waals surface area (Å²) < 4.78 is 5.08. The molecule has 2 N–H and O–H groups in total. The van der Waals surface area contributed by atoms with Crippen LogP contribution in [0.5, 0.6) is 0 Å². The summed E-state index contributed by atoms with van der Waals surface area (Å²) >= 11 is 1.91. The molecule has 192 valence electrons. The van der Waals surface area contributed by atoms with Crippen LogP contribution in [0, 0.1) is 17.8 Å². The molecule has 3 atom stereocenters. The number of oxazole rings is 1. The van der Waals surface area contributed by atoms with E-state index in [1.807, 2.05) is 18.0 Å². The predicted molar refractivity (Wildman–Crippen MR) is 147 cm³/mol. The number of thioether (sulfide) groups is 1. The molecule has 5 nitrogen and oxygen atoms in total. The van der Waals surface area contributed by atoms with E-state index >= 15 is 0 Å². The van der Waals surface area contributed by atoms with Crippen LogP contribution in [-0.2, 0) is 0 Å². The molecule has 0 saturated carbocycles. The molecule has 0 spiro atoms. The first kappa shape index (κ1) is 28.5. The van der Waals surface area contributed by atoms with Crippen molar-refractivity contribution >= 4 is 17.6 Å². The molecule has 34 heavy (non-hydrogen) atoms. The summed E-state index contributed by atoms with van der Waals surface area (Å²) in [6, 6.07) is 0.0811. The van der Waals surface area contributed by atoms with Gasteiger partial charge in [-0.05, 0) is 37.5 Å². The number of nitrogens with zero attached hydrogens (tertiary/aromatic N) is 2. The normalized spacial score (nSPS) is 14.9. The lowest BCUT2D eigenvalue weighted by atomic mass is 9.91. The summed E-state index contributed by atoms with van der Waals surface area (Å²) in [5.41, 5.74) is 1.51. The van der Waals surface area contributed by atoms with E-state index in [-0.39, 0.29) is 6.04 Å². The summed E-state index contributed by atoms with van der Waals surface area (Å²) in [7, 11) is 0. The molecule has 2 aromatic heterocycles. The molecule has 3 unspecified atom stereocenters. The molecule has 0 aliphatic heterocycles. The summed E-state index contributed by atoms with van der Waals surface area (Å²) in [4.78, 5) is 11.8. The first-order valence-corrected chi connectivity index (χ1v) is 14.5. The zero-order valence-corrected chi connectivity index (χ0v) is 23.0. The number of aromatic amines is 1. The molecule has 2 rings (SSSR count). The van der Waals surface area contributed by atoms with E-state index in [0.29, 0.717) is 0 Å². The lowest BCUT2D eigenvalue weighted by molar-refractivity contribution is 0.389. The smallest absolute Gasteiger partial charge is 0.182 e. The fourth-order valence-corrected chi connectivity index (χ4v) is 5.33. The van der Waals surface area contributed by atoms with Crippen molar-refractivity contribution in [3.05, 3.63) is 42.5 Å². The average molecular weight is 489 g/mol. The first-order chi connectivity index (χ1) is 16.4. The minimum absolute atomic E-state index is 0.0811. The second-order valence-corrected chi connectivity index (χ2v) is 11.6. The van der Waals surface area contributed by atoms with E-state index in [9.17, 15) is 0 Å². The fraction of sp³-hybridized carbons (Fsp3) is 0.714. The van der Waals surface area contributed by atoms with E-state index in [1.54, 1.807) is 12.5 Å². The van der Waals surface area contributed by atoms with Crippen molar-refractivity contribution in [2.75, 3.05) is 16.8 Å². The fourth-order valence-electron chi connectivity index (χ4n) is 4.32. The van der Waals surface area contributed by atoms with Gasteiger partial charge in [-0.1, -0.05) is 84.3 Å². The van der Waals surface area contributed by atoms with Crippen LogP contribution in [0.15, 0.2) is 41.1 Å². The number of rotatable bonds is 19. The first-order valence-electron chi connectivity index (χ1n) is 13.3. The number of aromatic nitrogens is 3. The maximum absolute atomic E-state index is 5.08. The van der Waals surface area contributed by atoms with Crippen LogP contribution in [0.4, 0.5) is 5.82 Å². The minimum atomic E-state index is 0.0811. The highest BCUT2D eigenvalue weighted by Gasteiger charge is 2.15. The van der Waals surface area contributed by atoms with E-state index in [2.05, 4.69) is 61.0 Å². The van der Waals surface area contributed by atoms with Crippen molar-refractivity contribution in [1.29, 1.82) is 0 Å². The molecular weight excluding hydrogens is 440 g/mol. The predicted octanol–water partition coefficient (Wildman–Crippen LogP) is 8.67. The number of allylic oxidation sites excluding steroid dienone is 1. The lowest BCUT2D eigenvalue weighted by Crippen LogP contribution is -2.15. The molecular formula is C28H48N4OS. The zero-order chi connectivity index (χ0) is 24.6. The highest BCUT2D eigenvalue weighted by atomic mass is 32.2. The Morgan fingerprint density at radius 3 is 2.35 bits per heavy atom. The van der Waals surface area contributed by atoms with Crippen LogP contribution >= 0.6 is 11.8 Å². The van der Waals surface area contributed by atoms with Gasteiger partial charge in [-0.3, -0.25) is 0 Å². The Labute approximate surface area is 212 Å². The Morgan fingerprint density at radius 2 is 1.74 bits per heavy atom. The molecule has 0 aliphatic rings. The second kappa shape index (κ2) is 16.9. The topological polar surface area (TPSA) is 66.7 Å². The van der Waals surface area contributed by atoms with Crippen molar-refractivity contribution < 1.29 is 4.42 Å². The van der Waals surface area contributed by atoms with Gasteiger partial charge in [0, 0.05) is 23.9 Å². The summed E-state index contributed by atoms with van der Waals surface area (Å²) in [6.45, 7) is 11.8. The van der Waals surface area contributed by atoms with E-state index < -0.39 is 0 Å². The molecule has 0 radical (unpaired) electrons. The van der Waals surface area contributed by atoms with Gasteiger partial charge >= 0.3 is 0 Å². The van der Waals surface area contributed by atoms with Crippen molar-refractivity contribution in [3.63, 3.8) is 0 Å². The molecule has 0 fully saturated rings. The van der Waals surface area contributed by atoms with E-state index in [4.69, 9.17) is 4.42 Å². The van der Waals surface area contributed by atoms with Gasteiger partial charge in [0.15, 0.2) is 12.2 Å². The quantitative estimate of drug-likeness (QED) is 0.153. The van der Waals surface area contributed by atoms with Crippen molar-refractivity contribution in [3.8, 4) is 0 Å². The SMILES string of the molecule is C/C(=C\CSCC(Nc1cocn1)c1ncc[nH]1)CCCC(C)CCCC(C)CCCC(C)C. The zero-order valence-electron chi connectivity index (χ0n) is 22.2. The van der Waals surface area contributed by atoms with Crippen LogP contribution in [0.1, 0.15) is 104 Å². The van der Waals surface area contributed by atoms with Gasteiger partial charge in [0.2, 0.25) is 0 Å². The van der Waals surface area contributed by atoms with E-state index in [1.165, 1.54) is 69.8 Å². The highest BCUT2D eigenvalue weighted by Crippen LogP contribution is 2.23. The molecule has 2 heterocycles. The van der Waals surface area contributed by atoms with Crippen LogP contribution in [0.25, 0.3) is 0 Å². The maximum Gasteiger partial charge on any atom is 0.182 e. The number of imidazole rings is 1. The number of anilines is 1. The van der Waals surface area contributed by atoms with Gasteiger partial charge < -0.3 is 14.7 Å². The van der Waals surface area contributed by atoms with Gasteiger partial charge in [0.1, 0.15) is 12.1 Å². The number of hydrogen-bond donors (Lipinski definition) is 2. The summed E-state index contributed by atoms with van der Waals surface area (Å²) in [5, 5.41) is 3.39. The van der Waals surface area contributed by atoms with Crippen LogP contribution in [0.3, 0.4) is 0 Å². The summed E-state index contributed by atoms with van der Waals surface area (Å²) in [6.07, 6.45) is 21.4. The Balaban J connectivity index is 1.56. The Bertz CT molecular complexity index is 757. The average Bonchev–Trinajstić information content (AvgIpc) is 3.50. The third kappa shape index (κ3) is 12.7. The molecule has 0 aliphatic carbocycles. The van der Waals surface area contributed by atoms with Crippen LogP contribution < -0.4 is 5.32 Å². The van der Waals surface area contributed by atoms with Crippen LogP contribution in [0.2, 0.25) is 0 Å². The third-order valence-electron chi connectivity index (χ3n) is 6.58. The Hall–Kier alpha value is -1.69. The Kier molecular flexibility index (Phi) is 14.2. The van der Waals surface area contributed by atoms with Gasteiger partial charge in [-0.15, -0.1) is 0 Å². The lowest BCUT2D eigenvalue weighted by Gasteiger charge is -2.15. The van der Waals surface area contributed by atoms with Gasteiger partial charge in [0.05, 0.1) is 6.04 Å². The monoisotopic (exact) mass is 488 g/mol. The standard InChI is InChI=1S/C28H48N4OS/c1-22(2)9-6-10-23(3)11-7-12-24(4)13-8-14-25(5)15-18-34-20-26(28-29-16-17-30-28)32-27-19-33-21-31-27/h15-17,19,21-24,26,32H,6-14,18,20H2,1-5H3,(H,29,30)/b25-15+. The molecule has 0 saturated heterocycles. The molecule has 0 bridgehead atoms. The van der Waals surface area contributed by atoms with Gasteiger partial charge in [0.25, 0.3) is 0 Å². The maximum atomic E-state index is 5.08. The highest BCUT2D eigenvalue weighted by molar-refractivity contribution is 7.99. The Morgan fingerprint density at radius 1 is 1.03 bits per heavy atom. The van der Waals surface area contributed by atoms with Crippen LogP contribution in [-0.4, -0.2) is 26.5 Å².